The quantitative estimate of drug-likeness (QED) is 0.558. The molecule has 2 aromatic carbocycles. The second kappa shape index (κ2) is 8.99. The van der Waals surface area contributed by atoms with Crippen molar-refractivity contribution in [3.63, 3.8) is 0 Å². The Bertz CT molecular complexity index is 1110. The van der Waals surface area contributed by atoms with E-state index in [0.29, 0.717) is 29.9 Å². The molecule has 0 unspecified atom stereocenters. The number of sulfonamides is 1. The zero-order valence-electron chi connectivity index (χ0n) is 16.0. The molecule has 30 heavy (non-hydrogen) atoms. The summed E-state index contributed by atoms with van der Waals surface area (Å²) in [4.78, 5) is 12.4. The largest absolute Gasteiger partial charge is 0.411 e. The Hall–Kier alpha value is -2.69. The van der Waals surface area contributed by atoms with E-state index in [4.69, 9.17) is 4.42 Å². The van der Waals surface area contributed by atoms with E-state index in [0.717, 1.165) is 30.2 Å². The van der Waals surface area contributed by atoms with Gasteiger partial charge in [-0.05, 0) is 49.2 Å². The number of hydrogen-bond acceptors (Lipinski definition) is 7. The molecule has 2 heterocycles. The molecule has 10 heteroatoms. The van der Waals surface area contributed by atoms with Crippen molar-refractivity contribution in [1.82, 2.24) is 14.5 Å². The van der Waals surface area contributed by atoms with Crippen molar-refractivity contribution in [2.45, 2.75) is 23.0 Å². The minimum Gasteiger partial charge on any atom is -0.411 e. The van der Waals surface area contributed by atoms with Crippen LogP contribution in [0, 0.1) is 0 Å². The van der Waals surface area contributed by atoms with Gasteiger partial charge in [-0.15, -0.1) is 10.2 Å². The molecule has 0 aliphatic carbocycles. The van der Waals surface area contributed by atoms with Gasteiger partial charge in [-0.25, -0.2) is 8.42 Å². The van der Waals surface area contributed by atoms with Crippen LogP contribution in [0.5, 0.6) is 0 Å². The Morgan fingerprint density at radius 2 is 1.73 bits per heavy atom. The van der Waals surface area contributed by atoms with Gasteiger partial charge in [0.15, 0.2) is 0 Å². The average molecular weight is 445 g/mol. The Kier molecular flexibility index (Phi) is 6.16. The van der Waals surface area contributed by atoms with E-state index >= 15 is 0 Å². The van der Waals surface area contributed by atoms with Crippen LogP contribution in [-0.2, 0) is 14.8 Å². The predicted octanol–water partition coefficient (Wildman–Crippen LogP) is 3.25. The van der Waals surface area contributed by atoms with Gasteiger partial charge in [-0.2, -0.15) is 4.31 Å². The highest BCUT2D eigenvalue weighted by atomic mass is 32.2. The van der Waals surface area contributed by atoms with Gasteiger partial charge >= 0.3 is 0 Å². The molecule has 1 aliphatic rings. The van der Waals surface area contributed by atoms with Crippen molar-refractivity contribution in [3.8, 4) is 11.5 Å². The van der Waals surface area contributed by atoms with E-state index in [2.05, 4.69) is 15.5 Å². The summed E-state index contributed by atoms with van der Waals surface area (Å²) in [6.07, 6.45) is 1.77. The molecule has 1 N–H and O–H groups in total. The second-order valence-corrected chi connectivity index (χ2v) is 9.58. The van der Waals surface area contributed by atoms with E-state index in [-0.39, 0.29) is 16.6 Å². The molecule has 0 bridgehead atoms. The first-order valence-electron chi connectivity index (χ1n) is 9.44. The van der Waals surface area contributed by atoms with Crippen LogP contribution in [0.2, 0.25) is 0 Å². The van der Waals surface area contributed by atoms with Crippen molar-refractivity contribution in [2.75, 3.05) is 24.2 Å². The zero-order chi connectivity index (χ0) is 21.0. The first kappa shape index (κ1) is 20.6. The normalized spacial score (nSPS) is 14.7. The van der Waals surface area contributed by atoms with Gasteiger partial charge in [0, 0.05) is 24.3 Å². The van der Waals surface area contributed by atoms with Gasteiger partial charge < -0.3 is 9.73 Å². The molecule has 1 aromatic heterocycles. The third kappa shape index (κ3) is 4.72. The fraction of sp³-hybridized carbons (Fsp3) is 0.250. The Morgan fingerprint density at radius 3 is 2.43 bits per heavy atom. The van der Waals surface area contributed by atoms with Gasteiger partial charge in [-0.1, -0.05) is 30.0 Å². The van der Waals surface area contributed by atoms with E-state index < -0.39 is 10.0 Å². The van der Waals surface area contributed by atoms with Crippen LogP contribution in [0.1, 0.15) is 12.8 Å². The molecule has 1 saturated heterocycles. The molecule has 3 aromatic rings. The lowest BCUT2D eigenvalue weighted by molar-refractivity contribution is -0.113. The molecule has 0 radical (unpaired) electrons. The van der Waals surface area contributed by atoms with Crippen LogP contribution in [0.3, 0.4) is 0 Å². The molecule has 1 amide bonds. The minimum absolute atomic E-state index is 0.0876. The molecule has 8 nitrogen and oxygen atoms in total. The number of aromatic nitrogens is 2. The SMILES string of the molecule is O=C(CSc1nnc(-c2ccccc2)o1)Nc1ccc(S(=O)(=O)N2CCCC2)cc1. The molecule has 0 atom stereocenters. The van der Waals surface area contributed by atoms with Gasteiger partial charge in [0.05, 0.1) is 10.6 Å². The number of thioether (sulfide) groups is 1. The summed E-state index contributed by atoms with van der Waals surface area (Å²) in [5.74, 6) is 0.229. The van der Waals surface area contributed by atoms with E-state index in [9.17, 15) is 13.2 Å². The third-order valence-corrected chi connectivity index (χ3v) is 7.33. The minimum atomic E-state index is -3.46. The molecule has 1 fully saturated rings. The number of nitrogens with zero attached hydrogens (tertiary/aromatic N) is 3. The zero-order valence-corrected chi connectivity index (χ0v) is 17.7. The van der Waals surface area contributed by atoms with E-state index in [1.54, 1.807) is 12.1 Å². The number of hydrogen-bond donors (Lipinski definition) is 1. The smallest absolute Gasteiger partial charge is 0.277 e. The van der Waals surface area contributed by atoms with Crippen LogP contribution < -0.4 is 5.32 Å². The van der Waals surface area contributed by atoms with Crippen LogP contribution in [0.4, 0.5) is 5.69 Å². The average Bonchev–Trinajstić information content (AvgIpc) is 3.46. The monoisotopic (exact) mass is 444 g/mol. The topological polar surface area (TPSA) is 105 Å². The molecule has 0 spiro atoms. The standard InChI is InChI=1S/C20H20N4O4S2/c25-18(14-29-20-23-22-19(28-20)15-6-2-1-3-7-15)21-16-8-10-17(11-9-16)30(26,27)24-12-4-5-13-24/h1-3,6-11H,4-5,12-14H2,(H,21,25). The van der Waals surface area contributed by atoms with Gasteiger partial charge in [0.25, 0.3) is 5.22 Å². The summed E-state index contributed by atoms with van der Waals surface area (Å²) in [6.45, 7) is 1.11. The van der Waals surface area contributed by atoms with Gasteiger partial charge in [-0.3, -0.25) is 4.79 Å². The maximum absolute atomic E-state index is 12.5. The number of benzene rings is 2. The lowest BCUT2D eigenvalue weighted by atomic mass is 10.2. The Balaban J connectivity index is 1.32. The fourth-order valence-electron chi connectivity index (χ4n) is 3.08. The summed E-state index contributed by atoms with van der Waals surface area (Å²) in [5, 5.41) is 11.0. The summed E-state index contributed by atoms with van der Waals surface area (Å²) in [6, 6.07) is 15.6. The molecule has 4 rings (SSSR count). The molecule has 1 aliphatic heterocycles. The molecular formula is C20H20N4O4S2. The van der Waals surface area contributed by atoms with Crippen LogP contribution >= 0.6 is 11.8 Å². The molecule has 0 saturated carbocycles. The number of rotatable bonds is 7. The number of carbonyl (C=O) groups is 1. The van der Waals surface area contributed by atoms with Crippen LogP contribution in [0.25, 0.3) is 11.5 Å². The summed E-state index contributed by atoms with van der Waals surface area (Å²) in [5.41, 5.74) is 1.33. The fourth-order valence-corrected chi connectivity index (χ4v) is 5.16. The van der Waals surface area contributed by atoms with Crippen molar-refractivity contribution in [2.24, 2.45) is 0 Å². The first-order chi connectivity index (χ1) is 14.5. The number of anilines is 1. The summed E-state index contributed by atoms with van der Waals surface area (Å²) < 4.78 is 32.1. The number of amides is 1. The van der Waals surface area contributed by atoms with Crippen molar-refractivity contribution >= 4 is 33.4 Å². The van der Waals surface area contributed by atoms with Crippen molar-refractivity contribution in [3.05, 3.63) is 54.6 Å². The first-order valence-corrected chi connectivity index (χ1v) is 11.9. The Morgan fingerprint density at radius 1 is 1.03 bits per heavy atom. The maximum atomic E-state index is 12.5. The lowest BCUT2D eigenvalue weighted by Crippen LogP contribution is -2.27. The van der Waals surface area contributed by atoms with Crippen molar-refractivity contribution in [1.29, 1.82) is 0 Å². The van der Waals surface area contributed by atoms with E-state index in [1.165, 1.54) is 16.4 Å². The highest BCUT2D eigenvalue weighted by Crippen LogP contribution is 2.24. The summed E-state index contributed by atoms with van der Waals surface area (Å²) in [7, 11) is -3.46. The molecule has 156 valence electrons. The van der Waals surface area contributed by atoms with E-state index in [1.807, 2.05) is 30.3 Å². The maximum Gasteiger partial charge on any atom is 0.277 e. The predicted molar refractivity (Wildman–Crippen MR) is 114 cm³/mol. The van der Waals surface area contributed by atoms with Crippen molar-refractivity contribution < 1.29 is 17.6 Å². The Labute approximate surface area is 178 Å². The molecular weight excluding hydrogens is 424 g/mol. The van der Waals surface area contributed by atoms with Crippen LogP contribution in [-0.4, -0.2) is 47.7 Å². The lowest BCUT2D eigenvalue weighted by Gasteiger charge is -2.15. The number of carbonyl (C=O) groups excluding carboxylic acids is 1. The summed E-state index contributed by atoms with van der Waals surface area (Å²) >= 11 is 1.13. The van der Waals surface area contributed by atoms with Gasteiger partial charge in [0.2, 0.25) is 21.8 Å². The number of nitrogens with one attached hydrogen (secondary N) is 1. The van der Waals surface area contributed by atoms with Crippen LogP contribution in [0.15, 0.2) is 69.1 Å². The highest BCUT2D eigenvalue weighted by Gasteiger charge is 2.26. The highest BCUT2D eigenvalue weighted by molar-refractivity contribution is 7.99. The third-order valence-electron chi connectivity index (χ3n) is 4.59. The second-order valence-electron chi connectivity index (χ2n) is 6.71. The van der Waals surface area contributed by atoms with Gasteiger partial charge in [0.1, 0.15) is 0 Å².